The first-order chi connectivity index (χ1) is 13.2. The average Bonchev–Trinajstić information content (AvgIpc) is 3.19. The van der Waals surface area contributed by atoms with Crippen molar-refractivity contribution in [2.24, 2.45) is 0 Å². The Labute approximate surface area is 165 Å². The van der Waals surface area contributed by atoms with Gasteiger partial charge in [0.05, 0.1) is 5.69 Å². The molecule has 3 aromatic rings. The van der Waals surface area contributed by atoms with Gasteiger partial charge in [-0.05, 0) is 24.3 Å². The van der Waals surface area contributed by atoms with Gasteiger partial charge in [-0.1, -0.05) is 23.7 Å². The second kappa shape index (κ2) is 7.70. The molecule has 0 saturated carbocycles. The molecule has 1 aliphatic heterocycles. The standard InChI is InChI=1S/C20H14ClN3O2S/c21-15-3-1-13(2-4-15)17-12-27-20(24-17)14(10-22)11-23-16-5-6-18-19(9-16)26-8-7-25-18/h1-6,9,11-12,23H,7-8H2. The molecule has 5 nitrogen and oxygen atoms in total. The topological polar surface area (TPSA) is 67.2 Å². The molecule has 0 fully saturated rings. The number of nitriles is 1. The Morgan fingerprint density at radius 3 is 2.70 bits per heavy atom. The molecular weight excluding hydrogens is 382 g/mol. The summed E-state index contributed by atoms with van der Waals surface area (Å²) < 4.78 is 11.1. The Morgan fingerprint density at radius 2 is 1.93 bits per heavy atom. The van der Waals surface area contributed by atoms with Crippen molar-refractivity contribution in [2.75, 3.05) is 18.5 Å². The highest BCUT2D eigenvalue weighted by molar-refractivity contribution is 7.11. The minimum absolute atomic E-state index is 0.454. The molecule has 0 aliphatic carbocycles. The van der Waals surface area contributed by atoms with Crippen LogP contribution in [0.5, 0.6) is 11.5 Å². The predicted molar refractivity (Wildman–Crippen MR) is 107 cm³/mol. The van der Waals surface area contributed by atoms with Crippen LogP contribution in [0.2, 0.25) is 5.02 Å². The number of rotatable bonds is 4. The van der Waals surface area contributed by atoms with E-state index in [0.717, 1.165) is 22.7 Å². The number of ether oxygens (including phenoxy) is 2. The molecule has 1 N–H and O–H groups in total. The third-order valence-electron chi connectivity index (χ3n) is 3.92. The number of thiazole rings is 1. The highest BCUT2D eigenvalue weighted by atomic mass is 35.5. The van der Waals surface area contributed by atoms with Crippen LogP contribution in [-0.4, -0.2) is 18.2 Å². The molecule has 1 aromatic heterocycles. The molecule has 0 atom stereocenters. The summed E-state index contributed by atoms with van der Waals surface area (Å²) in [6.07, 6.45) is 1.65. The highest BCUT2D eigenvalue weighted by Gasteiger charge is 2.12. The van der Waals surface area contributed by atoms with E-state index >= 15 is 0 Å². The third kappa shape index (κ3) is 3.90. The Kier molecular flexibility index (Phi) is 4.97. The van der Waals surface area contributed by atoms with Gasteiger partial charge in [-0.3, -0.25) is 0 Å². The van der Waals surface area contributed by atoms with E-state index in [2.05, 4.69) is 16.4 Å². The second-order valence-electron chi connectivity index (χ2n) is 5.72. The normalized spacial score (nSPS) is 13.1. The lowest BCUT2D eigenvalue weighted by Crippen LogP contribution is -2.15. The molecule has 0 radical (unpaired) electrons. The highest BCUT2D eigenvalue weighted by Crippen LogP contribution is 2.33. The van der Waals surface area contributed by atoms with Crippen molar-refractivity contribution in [3.8, 4) is 28.8 Å². The number of halogens is 1. The maximum atomic E-state index is 9.51. The fourth-order valence-electron chi connectivity index (χ4n) is 2.58. The molecule has 0 unspecified atom stereocenters. The van der Waals surface area contributed by atoms with E-state index in [4.69, 9.17) is 21.1 Å². The molecular formula is C20H14ClN3O2S. The van der Waals surface area contributed by atoms with Crippen LogP contribution >= 0.6 is 22.9 Å². The minimum atomic E-state index is 0.454. The van der Waals surface area contributed by atoms with Crippen molar-refractivity contribution < 1.29 is 9.47 Å². The number of benzene rings is 2. The molecule has 0 saturated heterocycles. The molecule has 0 bridgehead atoms. The maximum Gasteiger partial charge on any atom is 0.163 e. The van der Waals surface area contributed by atoms with E-state index in [0.29, 0.717) is 34.6 Å². The lowest BCUT2D eigenvalue weighted by Gasteiger charge is -2.18. The second-order valence-corrected chi connectivity index (χ2v) is 7.01. The van der Waals surface area contributed by atoms with Gasteiger partial charge in [0.2, 0.25) is 0 Å². The summed E-state index contributed by atoms with van der Waals surface area (Å²) in [5, 5.41) is 15.9. The van der Waals surface area contributed by atoms with Crippen LogP contribution < -0.4 is 14.8 Å². The molecule has 2 aromatic carbocycles. The zero-order valence-corrected chi connectivity index (χ0v) is 15.7. The quantitative estimate of drug-likeness (QED) is 0.614. The smallest absolute Gasteiger partial charge is 0.163 e. The Morgan fingerprint density at radius 1 is 1.15 bits per heavy atom. The van der Waals surface area contributed by atoms with Gasteiger partial charge in [-0.25, -0.2) is 4.98 Å². The first-order valence-electron chi connectivity index (χ1n) is 8.21. The van der Waals surface area contributed by atoms with Gasteiger partial charge in [-0.15, -0.1) is 11.3 Å². The van der Waals surface area contributed by atoms with Gasteiger partial charge < -0.3 is 14.8 Å². The summed E-state index contributed by atoms with van der Waals surface area (Å²) in [6, 6.07) is 15.2. The number of fused-ring (bicyclic) bond motifs is 1. The van der Waals surface area contributed by atoms with Crippen LogP contribution in [0.1, 0.15) is 5.01 Å². The number of anilines is 1. The van der Waals surface area contributed by atoms with Crippen LogP contribution in [0, 0.1) is 11.3 Å². The van der Waals surface area contributed by atoms with Crippen molar-refractivity contribution in [1.82, 2.24) is 4.98 Å². The Hall–Kier alpha value is -3.01. The first-order valence-corrected chi connectivity index (χ1v) is 9.47. The van der Waals surface area contributed by atoms with Crippen LogP contribution in [0.3, 0.4) is 0 Å². The monoisotopic (exact) mass is 395 g/mol. The van der Waals surface area contributed by atoms with Crippen LogP contribution in [0.4, 0.5) is 5.69 Å². The lowest BCUT2D eigenvalue weighted by molar-refractivity contribution is 0.171. The molecule has 7 heteroatoms. The predicted octanol–water partition coefficient (Wildman–Crippen LogP) is 5.21. The molecule has 27 heavy (non-hydrogen) atoms. The fraction of sp³-hybridized carbons (Fsp3) is 0.100. The van der Waals surface area contributed by atoms with Crippen LogP contribution in [0.25, 0.3) is 16.8 Å². The van der Waals surface area contributed by atoms with Crippen LogP contribution in [0.15, 0.2) is 54.0 Å². The SMILES string of the molecule is N#CC(=CNc1ccc2c(c1)OCCO2)c1nc(-c2ccc(Cl)cc2)cs1. The van der Waals surface area contributed by atoms with Crippen molar-refractivity contribution in [2.45, 2.75) is 0 Å². The van der Waals surface area contributed by atoms with E-state index in [1.807, 2.05) is 47.8 Å². The first kappa shape index (κ1) is 17.4. The summed E-state index contributed by atoms with van der Waals surface area (Å²) in [4.78, 5) is 4.56. The summed E-state index contributed by atoms with van der Waals surface area (Å²) in [5.41, 5.74) is 3.03. The molecule has 2 heterocycles. The molecule has 134 valence electrons. The number of aromatic nitrogens is 1. The van der Waals surface area contributed by atoms with Gasteiger partial charge in [0.1, 0.15) is 29.9 Å². The van der Waals surface area contributed by atoms with Crippen molar-refractivity contribution in [1.29, 1.82) is 5.26 Å². The van der Waals surface area contributed by atoms with Gasteiger partial charge in [-0.2, -0.15) is 5.26 Å². The number of nitrogens with zero attached hydrogens (tertiary/aromatic N) is 2. The van der Waals surface area contributed by atoms with Crippen LogP contribution in [-0.2, 0) is 0 Å². The molecule has 4 rings (SSSR count). The van der Waals surface area contributed by atoms with Crippen molar-refractivity contribution in [3.63, 3.8) is 0 Å². The number of hydrogen-bond donors (Lipinski definition) is 1. The van der Waals surface area contributed by atoms with E-state index in [1.54, 1.807) is 6.20 Å². The summed E-state index contributed by atoms with van der Waals surface area (Å²) >= 11 is 7.35. The van der Waals surface area contributed by atoms with E-state index in [1.165, 1.54) is 11.3 Å². The van der Waals surface area contributed by atoms with Crippen molar-refractivity contribution in [3.05, 3.63) is 64.1 Å². The third-order valence-corrected chi connectivity index (χ3v) is 5.05. The van der Waals surface area contributed by atoms with E-state index in [-0.39, 0.29) is 0 Å². The maximum absolute atomic E-state index is 9.51. The number of nitrogens with one attached hydrogen (secondary N) is 1. The lowest BCUT2D eigenvalue weighted by atomic mass is 10.2. The molecule has 0 amide bonds. The zero-order valence-electron chi connectivity index (χ0n) is 14.1. The largest absolute Gasteiger partial charge is 0.486 e. The molecule has 1 aliphatic rings. The summed E-state index contributed by atoms with van der Waals surface area (Å²) in [6.45, 7) is 1.08. The summed E-state index contributed by atoms with van der Waals surface area (Å²) in [7, 11) is 0. The fourth-order valence-corrected chi connectivity index (χ4v) is 3.50. The van der Waals surface area contributed by atoms with Gasteiger partial charge >= 0.3 is 0 Å². The van der Waals surface area contributed by atoms with Gasteiger partial charge in [0.25, 0.3) is 0 Å². The van der Waals surface area contributed by atoms with Crippen molar-refractivity contribution >= 4 is 34.2 Å². The zero-order chi connectivity index (χ0) is 18.6. The van der Waals surface area contributed by atoms with E-state index in [9.17, 15) is 5.26 Å². The molecule has 0 spiro atoms. The number of allylic oxidation sites excluding steroid dienone is 1. The number of hydrogen-bond acceptors (Lipinski definition) is 6. The summed E-state index contributed by atoms with van der Waals surface area (Å²) in [5.74, 6) is 1.42. The average molecular weight is 396 g/mol. The Balaban J connectivity index is 1.54. The van der Waals surface area contributed by atoms with Gasteiger partial charge in [0, 0.05) is 33.9 Å². The van der Waals surface area contributed by atoms with Gasteiger partial charge in [0.15, 0.2) is 11.5 Å². The Bertz CT molecular complexity index is 1040. The minimum Gasteiger partial charge on any atom is -0.486 e. The van der Waals surface area contributed by atoms with E-state index < -0.39 is 0 Å².